The Hall–Kier alpha value is -3.95. The highest BCUT2D eigenvalue weighted by atomic mass is 28.4. The first-order valence-corrected chi connectivity index (χ1v) is 22.5. The fraction of sp³-hybridized carbons (Fsp3) is 0.395. The van der Waals surface area contributed by atoms with Gasteiger partial charge in [-0.1, -0.05) is 163 Å². The van der Waals surface area contributed by atoms with Gasteiger partial charge in [-0.15, -0.1) is 0 Å². The number of aliphatic hydroxyl groups is 1. The molecule has 0 fully saturated rings. The van der Waals surface area contributed by atoms with Crippen molar-refractivity contribution in [1.29, 1.82) is 0 Å². The maximum Gasteiger partial charge on any atom is 0.296 e. The van der Waals surface area contributed by atoms with Gasteiger partial charge in [0.05, 0.1) is 6.10 Å². The topological polar surface area (TPSA) is 131 Å². The van der Waals surface area contributed by atoms with Crippen molar-refractivity contribution in [2.45, 2.75) is 88.9 Å². The summed E-state index contributed by atoms with van der Waals surface area (Å²) in [6, 6.07) is 40.4. The largest absolute Gasteiger partial charge is 0.390 e. The van der Waals surface area contributed by atoms with E-state index in [-0.39, 0.29) is 54.1 Å². The molecule has 0 saturated heterocycles. The maximum absolute atomic E-state index is 13.9. The van der Waals surface area contributed by atoms with Gasteiger partial charge in [0.1, 0.15) is 0 Å². The quantitative estimate of drug-likeness (QED) is 0.113. The van der Waals surface area contributed by atoms with Gasteiger partial charge in [-0.25, -0.2) is 10.1 Å². The number of nitrogens with zero attached hydrogens (tertiary/aromatic N) is 2. The monoisotopic (exact) mass is 768 g/mol. The zero-order valence-corrected chi connectivity index (χ0v) is 35.3. The second-order valence-electron chi connectivity index (χ2n) is 16.3. The van der Waals surface area contributed by atoms with E-state index in [0.717, 1.165) is 20.7 Å². The zero-order valence-electron chi connectivity index (χ0n) is 33.3. The Kier molecular flexibility index (Phi) is 14.0. The van der Waals surface area contributed by atoms with E-state index in [9.17, 15) is 14.7 Å². The molecule has 1 atom stereocenters. The molecule has 4 aromatic rings. The van der Waals surface area contributed by atoms with Crippen LogP contribution in [0, 0.1) is 0 Å². The number of amides is 2. The lowest BCUT2D eigenvalue weighted by atomic mass is 9.83. The van der Waals surface area contributed by atoms with Crippen LogP contribution in [0.4, 0.5) is 0 Å². The van der Waals surface area contributed by atoms with Gasteiger partial charge in [-0.2, -0.15) is 0 Å². The molecule has 0 aromatic heterocycles. The van der Waals surface area contributed by atoms with Gasteiger partial charge < -0.3 is 25.6 Å². The van der Waals surface area contributed by atoms with Crippen LogP contribution in [0.15, 0.2) is 121 Å². The molecule has 0 saturated carbocycles. The number of aliphatic hydroxyl groups excluding tert-OH is 1. The first-order chi connectivity index (χ1) is 25.4. The van der Waals surface area contributed by atoms with Gasteiger partial charge in [-0.3, -0.25) is 9.59 Å². The summed E-state index contributed by atoms with van der Waals surface area (Å²) in [5.41, 5.74) is 11.5. The minimum Gasteiger partial charge on any atom is -0.390 e. The van der Waals surface area contributed by atoms with Crippen molar-refractivity contribution in [3.05, 3.63) is 121 Å². The smallest absolute Gasteiger partial charge is 0.296 e. The Morgan fingerprint density at radius 3 is 1.07 bits per heavy atom. The molecule has 9 nitrogen and oxygen atoms in total. The van der Waals surface area contributed by atoms with E-state index in [4.69, 9.17) is 20.5 Å². The molecule has 11 heteroatoms. The van der Waals surface area contributed by atoms with E-state index >= 15 is 0 Å². The van der Waals surface area contributed by atoms with Crippen LogP contribution in [0.3, 0.4) is 0 Å². The predicted molar refractivity (Wildman–Crippen MR) is 223 cm³/mol. The lowest BCUT2D eigenvalue weighted by Gasteiger charge is -2.44. The summed E-state index contributed by atoms with van der Waals surface area (Å²) in [6.07, 6.45) is -1.02. The second-order valence-corrected chi connectivity index (χ2v) is 24.7. The number of hydroxylamine groups is 4. The first-order valence-electron chi connectivity index (χ1n) is 18.7. The fourth-order valence-corrected chi connectivity index (χ4v) is 16.2. The Labute approximate surface area is 324 Å². The van der Waals surface area contributed by atoms with Crippen molar-refractivity contribution >= 4 is 49.2 Å². The number of benzene rings is 4. The van der Waals surface area contributed by atoms with Crippen molar-refractivity contribution in [2.24, 2.45) is 11.5 Å². The van der Waals surface area contributed by atoms with Crippen LogP contribution in [-0.2, 0) is 18.6 Å². The molecule has 0 aliphatic rings. The van der Waals surface area contributed by atoms with Crippen LogP contribution in [0.5, 0.6) is 0 Å². The molecule has 0 aliphatic heterocycles. The second kappa shape index (κ2) is 17.7. The number of hydrogen-bond donors (Lipinski definition) is 3. The Balaban J connectivity index is 1.53. The molecule has 4 aromatic carbocycles. The number of hydrogen-bond acceptors (Lipinski definition) is 7. The normalized spacial score (nSPS) is 13.3. The van der Waals surface area contributed by atoms with Gasteiger partial charge in [-0.05, 0) is 43.7 Å². The molecule has 54 heavy (non-hydrogen) atoms. The van der Waals surface area contributed by atoms with Crippen LogP contribution in [0.25, 0.3) is 0 Å². The van der Waals surface area contributed by atoms with Crippen molar-refractivity contribution in [3.63, 3.8) is 0 Å². The number of carbonyl (C=O) groups excluding carboxylic acids is 2. The van der Waals surface area contributed by atoms with Gasteiger partial charge >= 0.3 is 0 Å². The Bertz CT molecular complexity index is 1580. The van der Waals surface area contributed by atoms with Crippen LogP contribution in [-0.4, -0.2) is 76.0 Å². The van der Waals surface area contributed by atoms with Gasteiger partial charge in [0, 0.05) is 39.0 Å². The fourth-order valence-electron chi connectivity index (χ4n) is 7.44. The maximum atomic E-state index is 13.9. The molecular weight excluding hydrogens is 709 g/mol. The Morgan fingerprint density at radius 2 is 0.852 bits per heavy atom. The number of carbonyl (C=O) groups is 2. The summed E-state index contributed by atoms with van der Waals surface area (Å²) in [7, 11) is -2.84. The van der Waals surface area contributed by atoms with E-state index in [1.54, 1.807) is 14.1 Å². The molecule has 0 aliphatic carbocycles. The number of nitrogens with two attached hydrogens (primary N) is 2. The summed E-state index contributed by atoms with van der Waals surface area (Å²) in [5, 5.41) is 17.3. The van der Waals surface area contributed by atoms with Crippen LogP contribution >= 0.6 is 0 Å². The third kappa shape index (κ3) is 9.11. The van der Waals surface area contributed by atoms with E-state index in [1.165, 1.54) is 10.1 Å². The van der Waals surface area contributed by atoms with E-state index in [1.807, 2.05) is 72.8 Å². The average molecular weight is 769 g/mol. The zero-order chi connectivity index (χ0) is 39.8. The summed E-state index contributed by atoms with van der Waals surface area (Å²) in [5.74, 6) is -0.582. The van der Waals surface area contributed by atoms with E-state index in [0.29, 0.717) is 0 Å². The summed E-state index contributed by atoms with van der Waals surface area (Å²) in [4.78, 5) is 27.8. The highest BCUT2D eigenvalue weighted by Crippen LogP contribution is 2.39. The molecule has 0 radical (unpaired) electrons. The van der Waals surface area contributed by atoms with E-state index in [2.05, 4.69) is 90.1 Å². The van der Waals surface area contributed by atoms with Crippen molar-refractivity contribution < 1.29 is 23.7 Å². The minimum atomic E-state index is -3.06. The van der Waals surface area contributed by atoms with Gasteiger partial charge in [0.25, 0.3) is 16.6 Å². The Morgan fingerprint density at radius 1 is 0.593 bits per heavy atom. The van der Waals surface area contributed by atoms with Crippen LogP contribution < -0.4 is 32.2 Å². The SMILES string of the molecule is CN(O[Si](c1ccccc1)(c1ccccc1)C(C)(C)C)C(=O)CCC(N)(CCC(=O)N(C)O[Si](c1ccccc1)(c1ccccc1)C(C)(C)C)C(O)CN. The highest BCUT2D eigenvalue weighted by molar-refractivity contribution is 7.00. The molecular formula is C43H60N4O5Si2. The summed E-state index contributed by atoms with van der Waals surface area (Å²) in [6.45, 7) is 12.7. The third-order valence-electron chi connectivity index (χ3n) is 10.6. The number of rotatable bonds is 16. The lowest BCUT2D eigenvalue weighted by Crippen LogP contribution is -2.68. The highest BCUT2D eigenvalue weighted by Gasteiger charge is 2.54. The molecule has 2 amide bonds. The lowest BCUT2D eigenvalue weighted by molar-refractivity contribution is -0.155. The van der Waals surface area contributed by atoms with Gasteiger partial charge in [0.2, 0.25) is 11.8 Å². The van der Waals surface area contributed by atoms with Crippen molar-refractivity contribution in [3.8, 4) is 0 Å². The van der Waals surface area contributed by atoms with Crippen LogP contribution in [0.1, 0.15) is 67.2 Å². The molecule has 0 spiro atoms. The molecule has 4 rings (SSSR count). The molecule has 5 N–H and O–H groups in total. The third-order valence-corrected chi connectivity index (χ3v) is 20.5. The molecule has 0 heterocycles. The predicted octanol–water partition coefficient (Wildman–Crippen LogP) is 4.46. The average Bonchev–Trinajstić information content (AvgIpc) is 3.16. The van der Waals surface area contributed by atoms with E-state index < -0.39 is 28.3 Å². The van der Waals surface area contributed by atoms with Crippen LogP contribution in [0.2, 0.25) is 10.1 Å². The molecule has 0 bridgehead atoms. The summed E-state index contributed by atoms with van der Waals surface area (Å²) >= 11 is 0. The minimum absolute atomic E-state index is 0.0230. The molecule has 290 valence electrons. The standard InChI is InChI=1S/C43H60N4O5Si2/c1-41(2,3)53(34-21-13-9-14-22-34,35-23-15-10-16-24-35)51-46(7)39(49)29-31-43(45,38(48)33-44)32-30-40(50)47(8)52-54(42(4,5)6,36-25-17-11-18-26-36)37-27-19-12-20-28-37/h9-28,38,48H,29-33,44-45H2,1-8H3. The first kappa shape index (κ1) is 42.8. The van der Waals surface area contributed by atoms with Crippen molar-refractivity contribution in [1.82, 2.24) is 10.1 Å². The van der Waals surface area contributed by atoms with Gasteiger partial charge in [0.15, 0.2) is 0 Å². The molecule has 1 unspecified atom stereocenters. The summed E-state index contributed by atoms with van der Waals surface area (Å²) < 4.78 is 13.8. The van der Waals surface area contributed by atoms with Crippen molar-refractivity contribution in [2.75, 3.05) is 20.6 Å².